The Morgan fingerprint density at radius 2 is 2.14 bits per heavy atom. The number of guanidine groups is 1. The maximum Gasteiger partial charge on any atom is 0.193 e. The molecule has 0 aliphatic carbocycles. The van der Waals surface area contributed by atoms with Gasteiger partial charge in [-0.2, -0.15) is 0 Å². The van der Waals surface area contributed by atoms with Gasteiger partial charge in [-0.1, -0.05) is 0 Å². The molecular weight excluding hydrogens is 370 g/mol. The van der Waals surface area contributed by atoms with Gasteiger partial charge in [0.05, 0.1) is 31.7 Å². The van der Waals surface area contributed by atoms with Crippen molar-refractivity contribution in [1.82, 2.24) is 10.2 Å². The smallest absolute Gasteiger partial charge is 0.193 e. The summed E-state index contributed by atoms with van der Waals surface area (Å²) < 4.78 is 22.8. The molecule has 1 N–H and O–H groups in total. The Labute approximate surface area is 173 Å². The minimum absolute atomic E-state index is 0.307. The zero-order chi connectivity index (χ0) is 19.7. The standard InChI is InChI=1S/C22H35N3O4/c1-3-19(27-12-1)5-9-23-22(24-15-18-8-14-26-16-18)25-10-6-20(7-11-25)29-17-21-4-2-13-28-21/h1,3,12,18,20-21H,2,4-11,13-17H2,(H,23,24). The van der Waals surface area contributed by atoms with E-state index in [0.29, 0.717) is 18.1 Å². The van der Waals surface area contributed by atoms with Crippen molar-refractivity contribution < 1.29 is 18.6 Å². The molecule has 162 valence electrons. The molecule has 7 heteroatoms. The maximum absolute atomic E-state index is 6.13. The van der Waals surface area contributed by atoms with Gasteiger partial charge in [-0.3, -0.25) is 4.99 Å². The van der Waals surface area contributed by atoms with Gasteiger partial charge >= 0.3 is 0 Å². The maximum atomic E-state index is 6.13. The van der Waals surface area contributed by atoms with Crippen LogP contribution in [-0.2, 0) is 20.6 Å². The Bertz CT molecular complexity index is 602. The lowest BCUT2D eigenvalue weighted by Crippen LogP contribution is -2.48. The molecule has 4 rings (SSSR count). The summed E-state index contributed by atoms with van der Waals surface area (Å²) in [6, 6.07) is 3.96. The number of furan rings is 1. The van der Waals surface area contributed by atoms with E-state index < -0.39 is 0 Å². The lowest BCUT2D eigenvalue weighted by atomic mass is 10.1. The molecule has 0 aromatic carbocycles. The molecule has 3 fully saturated rings. The first-order valence-electron chi connectivity index (χ1n) is 11.2. The van der Waals surface area contributed by atoms with Gasteiger partial charge in [-0.25, -0.2) is 0 Å². The third kappa shape index (κ3) is 6.46. The molecule has 0 radical (unpaired) electrons. The molecule has 3 aliphatic rings. The van der Waals surface area contributed by atoms with Crippen molar-refractivity contribution in [2.75, 3.05) is 52.6 Å². The number of rotatable bonds is 8. The van der Waals surface area contributed by atoms with Gasteiger partial charge in [-0.05, 0) is 44.2 Å². The Morgan fingerprint density at radius 3 is 2.86 bits per heavy atom. The van der Waals surface area contributed by atoms with Crippen LogP contribution in [-0.4, -0.2) is 75.7 Å². The topological polar surface area (TPSA) is 68.5 Å². The second-order valence-corrected chi connectivity index (χ2v) is 8.30. The first-order chi connectivity index (χ1) is 14.4. The van der Waals surface area contributed by atoms with Gasteiger partial charge in [0.2, 0.25) is 0 Å². The molecule has 4 heterocycles. The van der Waals surface area contributed by atoms with Crippen LogP contribution in [0.15, 0.2) is 27.8 Å². The quantitative estimate of drug-likeness (QED) is 0.529. The summed E-state index contributed by atoms with van der Waals surface area (Å²) in [5, 5.41) is 3.56. The zero-order valence-corrected chi connectivity index (χ0v) is 17.4. The molecule has 3 aliphatic heterocycles. The predicted molar refractivity (Wildman–Crippen MR) is 111 cm³/mol. The fraction of sp³-hybridized carbons (Fsp3) is 0.773. The van der Waals surface area contributed by atoms with Gasteiger partial charge < -0.3 is 28.8 Å². The second kappa shape index (κ2) is 11.0. The van der Waals surface area contributed by atoms with Crippen LogP contribution in [0.5, 0.6) is 0 Å². The number of aliphatic imine (C=N–C) groups is 1. The van der Waals surface area contributed by atoms with E-state index >= 15 is 0 Å². The average Bonchev–Trinajstić information content (AvgIpc) is 3.53. The largest absolute Gasteiger partial charge is 0.469 e. The Kier molecular flexibility index (Phi) is 7.84. The summed E-state index contributed by atoms with van der Waals surface area (Å²) >= 11 is 0. The highest BCUT2D eigenvalue weighted by Crippen LogP contribution is 2.18. The van der Waals surface area contributed by atoms with Crippen molar-refractivity contribution >= 4 is 5.96 Å². The number of hydrogen-bond acceptors (Lipinski definition) is 5. The molecule has 0 saturated carbocycles. The monoisotopic (exact) mass is 405 g/mol. The van der Waals surface area contributed by atoms with Crippen LogP contribution >= 0.6 is 0 Å². The molecular formula is C22H35N3O4. The number of hydrogen-bond donors (Lipinski definition) is 1. The summed E-state index contributed by atoms with van der Waals surface area (Å²) in [6.07, 6.45) is 8.73. The number of nitrogens with zero attached hydrogens (tertiary/aromatic N) is 2. The summed E-state index contributed by atoms with van der Waals surface area (Å²) in [4.78, 5) is 7.32. The minimum atomic E-state index is 0.307. The number of ether oxygens (including phenoxy) is 3. The van der Waals surface area contributed by atoms with Gasteiger partial charge in [-0.15, -0.1) is 0 Å². The summed E-state index contributed by atoms with van der Waals surface area (Å²) in [6.45, 7) is 6.95. The van der Waals surface area contributed by atoms with Crippen LogP contribution in [0, 0.1) is 5.92 Å². The Balaban J connectivity index is 1.25. The van der Waals surface area contributed by atoms with Crippen molar-refractivity contribution in [1.29, 1.82) is 0 Å². The van der Waals surface area contributed by atoms with E-state index in [0.717, 1.165) is 96.4 Å². The van der Waals surface area contributed by atoms with Crippen LogP contribution in [0.1, 0.15) is 37.9 Å². The molecule has 2 unspecified atom stereocenters. The van der Waals surface area contributed by atoms with Gasteiger partial charge in [0.25, 0.3) is 0 Å². The Hall–Kier alpha value is -1.57. The number of nitrogens with one attached hydrogen (secondary N) is 1. The van der Waals surface area contributed by atoms with Crippen LogP contribution < -0.4 is 5.32 Å². The predicted octanol–water partition coefficient (Wildman–Crippen LogP) is 2.46. The fourth-order valence-electron chi connectivity index (χ4n) is 4.22. The van der Waals surface area contributed by atoms with Crippen molar-refractivity contribution in [3.8, 4) is 0 Å². The van der Waals surface area contributed by atoms with E-state index in [4.69, 9.17) is 23.6 Å². The van der Waals surface area contributed by atoms with Crippen LogP contribution in [0.4, 0.5) is 0 Å². The lowest BCUT2D eigenvalue weighted by Gasteiger charge is -2.34. The van der Waals surface area contributed by atoms with Crippen LogP contribution in [0.3, 0.4) is 0 Å². The van der Waals surface area contributed by atoms with Crippen LogP contribution in [0.25, 0.3) is 0 Å². The van der Waals surface area contributed by atoms with E-state index in [2.05, 4.69) is 10.2 Å². The molecule has 1 aromatic rings. The van der Waals surface area contributed by atoms with E-state index in [1.807, 2.05) is 12.1 Å². The van der Waals surface area contributed by atoms with Gasteiger partial charge in [0.1, 0.15) is 5.76 Å². The van der Waals surface area contributed by atoms with E-state index in [9.17, 15) is 0 Å². The van der Waals surface area contributed by atoms with Crippen molar-refractivity contribution in [2.24, 2.45) is 10.9 Å². The third-order valence-electron chi connectivity index (χ3n) is 6.04. The lowest BCUT2D eigenvalue weighted by molar-refractivity contribution is -0.0367. The zero-order valence-electron chi connectivity index (χ0n) is 17.4. The van der Waals surface area contributed by atoms with Crippen LogP contribution in [0.2, 0.25) is 0 Å². The average molecular weight is 406 g/mol. The molecule has 1 aromatic heterocycles. The minimum Gasteiger partial charge on any atom is -0.469 e. The SMILES string of the molecule is c1coc(CCNC(=NCC2CCOC2)N2CCC(OCC3CCCO3)CC2)c1. The molecule has 2 atom stereocenters. The fourth-order valence-corrected chi connectivity index (χ4v) is 4.22. The molecule has 0 amide bonds. The van der Waals surface area contributed by atoms with E-state index in [1.165, 1.54) is 6.42 Å². The highest BCUT2D eigenvalue weighted by molar-refractivity contribution is 5.80. The molecule has 7 nitrogen and oxygen atoms in total. The first kappa shape index (κ1) is 20.7. The summed E-state index contributed by atoms with van der Waals surface area (Å²) in [7, 11) is 0. The number of likely N-dealkylation sites (tertiary alicyclic amines) is 1. The highest BCUT2D eigenvalue weighted by Gasteiger charge is 2.25. The summed E-state index contributed by atoms with van der Waals surface area (Å²) in [5.41, 5.74) is 0. The molecule has 29 heavy (non-hydrogen) atoms. The normalized spacial score (nSPS) is 26.3. The Morgan fingerprint density at radius 1 is 1.21 bits per heavy atom. The summed E-state index contributed by atoms with van der Waals surface area (Å²) in [5.74, 6) is 2.56. The first-order valence-corrected chi connectivity index (χ1v) is 11.2. The van der Waals surface area contributed by atoms with E-state index in [-0.39, 0.29) is 0 Å². The molecule has 3 saturated heterocycles. The van der Waals surface area contributed by atoms with Crippen molar-refractivity contribution in [3.63, 3.8) is 0 Å². The van der Waals surface area contributed by atoms with Gasteiger partial charge in [0.15, 0.2) is 5.96 Å². The second-order valence-electron chi connectivity index (χ2n) is 8.30. The van der Waals surface area contributed by atoms with Crippen molar-refractivity contribution in [2.45, 2.75) is 50.7 Å². The highest BCUT2D eigenvalue weighted by atomic mass is 16.5. The molecule has 0 spiro atoms. The van der Waals surface area contributed by atoms with Crippen molar-refractivity contribution in [3.05, 3.63) is 24.2 Å². The van der Waals surface area contributed by atoms with E-state index in [1.54, 1.807) is 6.26 Å². The third-order valence-corrected chi connectivity index (χ3v) is 6.04. The number of piperidine rings is 1. The van der Waals surface area contributed by atoms with Gasteiger partial charge in [0, 0.05) is 51.7 Å². The molecule has 0 bridgehead atoms.